The molecular weight excluding hydrogens is 385 g/mol. The molecule has 28 heavy (non-hydrogen) atoms. The summed E-state index contributed by atoms with van der Waals surface area (Å²) in [6, 6.07) is 11.6. The van der Waals surface area contributed by atoms with Crippen molar-refractivity contribution in [3.63, 3.8) is 0 Å². The Balaban J connectivity index is 1.38. The van der Waals surface area contributed by atoms with Gasteiger partial charge in [0.2, 0.25) is 5.91 Å². The van der Waals surface area contributed by atoms with Gasteiger partial charge in [-0.3, -0.25) is 9.36 Å². The van der Waals surface area contributed by atoms with E-state index in [1.54, 1.807) is 41.3 Å². The first-order chi connectivity index (χ1) is 13.5. The minimum Gasteiger partial charge on any atom is -0.408 e. The third-order valence-electron chi connectivity index (χ3n) is 5.00. The Morgan fingerprint density at radius 1 is 1.11 bits per heavy atom. The Morgan fingerprint density at radius 3 is 2.61 bits per heavy atom. The second-order valence-electron chi connectivity index (χ2n) is 6.70. The summed E-state index contributed by atoms with van der Waals surface area (Å²) in [7, 11) is 0. The molecule has 0 radical (unpaired) electrons. The number of para-hydroxylation sites is 1. The lowest BCUT2D eigenvalue weighted by Crippen LogP contribution is -2.49. The topological polar surface area (TPSA) is 58.7 Å². The minimum atomic E-state index is -0.505. The third-order valence-corrected chi connectivity index (χ3v) is 5.24. The van der Waals surface area contributed by atoms with E-state index < -0.39 is 5.76 Å². The number of aromatic nitrogens is 1. The van der Waals surface area contributed by atoms with Crippen molar-refractivity contribution in [3.05, 3.63) is 63.9 Å². The molecule has 2 aromatic carbocycles. The zero-order chi connectivity index (χ0) is 19.7. The molecule has 3 aromatic rings. The largest absolute Gasteiger partial charge is 0.419 e. The van der Waals surface area contributed by atoms with Crippen LogP contribution in [0.1, 0.15) is 6.42 Å². The maximum atomic E-state index is 13.9. The van der Waals surface area contributed by atoms with Gasteiger partial charge in [-0.25, -0.2) is 9.18 Å². The van der Waals surface area contributed by atoms with Crippen molar-refractivity contribution in [2.75, 3.05) is 31.1 Å². The Morgan fingerprint density at radius 2 is 1.86 bits per heavy atom. The lowest BCUT2D eigenvalue weighted by Gasteiger charge is -2.36. The molecule has 4 rings (SSSR count). The van der Waals surface area contributed by atoms with Gasteiger partial charge in [-0.05, 0) is 30.3 Å². The van der Waals surface area contributed by atoms with Gasteiger partial charge >= 0.3 is 5.76 Å². The smallest absolute Gasteiger partial charge is 0.408 e. The maximum Gasteiger partial charge on any atom is 0.419 e. The maximum absolute atomic E-state index is 13.9. The van der Waals surface area contributed by atoms with Crippen molar-refractivity contribution in [3.8, 4) is 0 Å². The molecule has 0 bridgehead atoms. The molecule has 0 aliphatic carbocycles. The van der Waals surface area contributed by atoms with Crippen LogP contribution in [-0.2, 0) is 11.3 Å². The molecule has 1 fully saturated rings. The summed E-state index contributed by atoms with van der Waals surface area (Å²) < 4.78 is 20.5. The summed E-state index contributed by atoms with van der Waals surface area (Å²) in [5.74, 6) is -0.807. The molecule has 0 atom stereocenters. The van der Waals surface area contributed by atoms with Gasteiger partial charge in [-0.15, -0.1) is 0 Å². The van der Waals surface area contributed by atoms with Crippen LogP contribution in [0.25, 0.3) is 11.1 Å². The first-order valence-electron chi connectivity index (χ1n) is 9.09. The number of fused-ring (bicyclic) bond motifs is 1. The van der Waals surface area contributed by atoms with Crippen LogP contribution < -0.4 is 10.7 Å². The summed E-state index contributed by atoms with van der Waals surface area (Å²) in [5.41, 5.74) is 1.58. The van der Waals surface area contributed by atoms with Gasteiger partial charge < -0.3 is 14.2 Å². The standard InChI is InChI=1S/C20H19ClFN3O3/c21-14-5-6-18-17(13-14)25(20(27)28-18)8-7-19(26)24-11-9-23(10-12-24)16-4-2-1-3-15(16)22/h1-6,13H,7-12H2. The average molecular weight is 404 g/mol. The Hall–Kier alpha value is -2.80. The van der Waals surface area contributed by atoms with E-state index in [1.807, 2.05) is 4.90 Å². The van der Waals surface area contributed by atoms with Crippen LogP contribution in [0.2, 0.25) is 5.02 Å². The zero-order valence-electron chi connectivity index (χ0n) is 15.1. The highest BCUT2D eigenvalue weighted by molar-refractivity contribution is 6.31. The van der Waals surface area contributed by atoms with E-state index in [9.17, 15) is 14.0 Å². The summed E-state index contributed by atoms with van der Waals surface area (Å²) in [5, 5.41) is 0.498. The summed E-state index contributed by atoms with van der Waals surface area (Å²) in [6.07, 6.45) is 0.181. The zero-order valence-corrected chi connectivity index (χ0v) is 15.9. The molecular formula is C20H19ClFN3O3. The second kappa shape index (κ2) is 7.67. The number of halogens is 2. The SMILES string of the molecule is O=C(CCn1c(=O)oc2ccc(Cl)cc21)N1CCN(c2ccccc2F)CC1. The monoisotopic (exact) mass is 403 g/mol. The van der Waals surface area contributed by atoms with Gasteiger partial charge in [0.15, 0.2) is 5.58 Å². The van der Waals surface area contributed by atoms with Crippen molar-refractivity contribution in [2.24, 2.45) is 0 Å². The molecule has 2 heterocycles. The first-order valence-corrected chi connectivity index (χ1v) is 9.47. The van der Waals surface area contributed by atoms with E-state index >= 15 is 0 Å². The number of benzene rings is 2. The number of hydrogen-bond donors (Lipinski definition) is 0. The Labute approximate surface area is 165 Å². The molecule has 0 spiro atoms. The Bertz CT molecular complexity index is 1070. The quantitative estimate of drug-likeness (QED) is 0.671. The van der Waals surface area contributed by atoms with E-state index in [-0.39, 0.29) is 24.7 Å². The summed E-state index contributed by atoms with van der Waals surface area (Å²) >= 11 is 6.00. The lowest BCUT2D eigenvalue weighted by atomic mass is 10.2. The molecule has 1 aliphatic rings. The van der Waals surface area contributed by atoms with Crippen molar-refractivity contribution in [2.45, 2.75) is 13.0 Å². The highest BCUT2D eigenvalue weighted by atomic mass is 35.5. The number of anilines is 1. The normalized spacial score (nSPS) is 14.6. The molecule has 1 amide bonds. The molecule has 6 nitrogen and oxygen atoms in total. The fourth-order valence-corrected chi connectivity index (χ4v) is 3.68. The van der Waals surface area contributed by atoms with Crippen LogP contribution in [0.4, 0.5) is 10.1 Å². The van der Waals surface area contributed by atoms with Gasteiger partial charge in [-0.2, -0.15) is 0 Å². The van der Waals surface area contributed by atoms with Crippen molar-refractivity contribution < 1.29 is 13.6 Å². The highest BCUT2D eigenvalue weighted by Crippen LogP contribution is 2.21. The number of nitrogens with zero attached hydrogens (tertiary/aromatic N) is 3. The molecule has 0 unspecified atom stereocenters. The molecule has 146 valence electrons. The van der Waals surface area contributed by atoms with Gasteiger partial charge in [0.05, 0.1) is 11.2 Å². The van der Waals surface area contributed by atoms with Crippen molar-refractivity contribution >= 4 is 34.3 Å². The van der Waals surface area contributed by atoms with Crippen LogP contribution in [0.5, 0.6) is 0 Å². The average Bonchev–Trinajstić information content (AvgIpc) is 3.01. The van der Waals surface area contributed by atoms with Gasteiger partial charge in [0, 0.05) is 44.2 Å². The lowest BCUT2D eigenvalue weighted by molar-refractivity contribution is -0.131. The number of rotatable bonds is 4. The van der Waals surface area contributed by atoms with E-state index in [4.69, 9.17) is 16.0 Å². The first kappa shape index (κ1) is 18.6. The van der Waals surface area contributed by atoms with E-state index in [0.717, 1.165) is 0 Å². The summed E-state index contributed by atoms with van der Waals surface area (Å²) in [6.45, 7) is 2.38. The van der Waals surface area contributed by atoms with Crippen LogP contribution in [-0.4, -0.2) is 41.6 Å². The number of piperazine rings is 1. The molecule has 1 saturated heterocycles. The fraction of sp³-hybridized carbons (Fsp3) is 0.300. The third kappa shape index (κ3) is 3.62. The van der Waals surface area contributed by atoms with E-state index in [2.05, 4.69) is 0 Å². The number of oxazole rings is 1. The number of carbonyl (C=O) groups excluding carboxylic acids is 1. The number of amides is 1. The number of aryl methyl sites for hydroxylation is 1. The minimum absolute atomic E-state index is 0.0449. The van der Waals surface area contributed by atoms with Crippen LogP contribution in [0, 0.1) is 5.82 Å². The van der Waals surface area contributed by atoms with Crippen molar-refractivity contribution in [1.82, 2.24) is 9.47 Å². The molecule has 1 aliphatic heterocycles. The Kier molecular flexibility index (Phi) is 5.09. The predicted octanol–water partition coefficient (Wildman–Crippen LogP) is 3.13. The number of carbonyl (C=O) groups is 1. The van der Waals surface area contributed by atoms with E-state index in [1.165, 1.54) is 10.6 Å². The highest BCUT2D eigenvalue weighted by Gasteiger charge is 2.23. The molecule has 8 heteroatoms. The number of hydrogen-bond acceptors (Lipinski definition) is 4. The van der Waals surface area contributed by atoms with Gasteiger partial charge in [0.1, 0.15) is 5.82 Å². The fourth-order valence-electron chi connectivity index (χ4n) is 3.52. The molecule has 0 saturated carbocycles. The second-order valence-corrected chi connectivity index (χ2v) is 7.14. The molecule has 1 aromatic heterocycles. The van der Waals surface area contributed by atoms with Crippen LogP contribution >= 0.6 is 11.6 Å². The molecule has 0 N–H and O–H groups in total. The van der Waals surface area contributed by atoms with Crippen LogP contribution in [0.3, 0.4) is 0 Å². The van der Waals surface area contributed by atoms with Crippen LogP contribution in [0.15, 0.2) is 51.7 Å². The van der Waals surface area contributed by atoms with Gasteiger partial charge in [-0.1, -0.05) is 23.7 Å². The predicted molar refractivity (Wildman–Crippen MR) is 105 cm³/mol. The summed E-state index contributed by atoms with van der Waals surface area (Å²) in [4.78, 5) is 28.3. The van der Waals surface area contributed by atoms with E-state index in [0.29, 0.717) is 48.0 Å². The van der Waals surface area contributed by atoms with Crippen molar-refractivity contribution in [1.29, 1.82) is 0 Å². The van der Waals surface area contributed by atoms with Gasteiger partial charge in [0.25, 0.3) is 0 Å².